The number of aryl methyl sites for hydroxylation is 1. The van der Waals surface area contributed by atoms with Gasteiger partial charge in [0.05, 0.1) is 12.2 Å². The van der Waals surface area contributed by atoms with Gasteiger partial charge < -0.3 is 14.2 Å². The number of amides is 1. The first-order chi connectivity index (χ1) is 14.3. The van der Waals surface area contributed by atoms with Gasteiger partial charge in [-0.25, -0.2) is 9.59 Å². The normalized spacial score (nSPS) is 11.4. The Morgan fingerprint density at radius 1 is 1.00 bits per heavy atom. The Kier molecular flexibility index (Phi) is 12.7. The predicted molar refractivity (Wildman–Crippen MR) is 123 cm³/mol. The summed E-state index contributed by atoms with van der Waals surface area (Å²) < 4.78 is 15.4. The van der Waals surface area contributed by atoms with Crippen LogP contribution < -0.4 is 5.32 Å². The molecule has 1 amide bonds. The van der Waals surface area contributed by atoms with Crippen molar-refractivity contribution < 1.29 is 23.8 Å². The first-order valence-corrected chi connectivity index (χ1v) is 11.9. The number of hydrogen-bond acceptors (Lipinski definition) is 6. The minimum Gasteiger partial charge on any atom is -0.456 e. The number of hydrogen-bond donors (Lipinski definition) is 1. The summed E-state index contributed by atoms with van der Waals surface area (Å²) in [5.41, 5.74) is -0.221. The fourth-order valence-corrected chi connectivity index (χ4v) is 3.99. The van der Waals surface area contributed by atoms with Gasteiger partial charge in [0.15, 0.2) is 0 Å². The Morgan fingerprint density at radius 2 is 1.63 bits per heavy atom. The summed E-state index contributed by atoms with van der Waals surface area (Å²) in [4.78, 5) is 25.7. The fraction of sp³-hybridized carbons (Fsp3) is 0.739. The number of thiophene rings is 1. The van der Waals surface area contributed by atoms with Crippen LogP contribution in [-0.4, -0.2) is 38.0 Å². The van der Waals surface area contributed by atoms with Gasteiger partial charge in [0.1, 0.15) is 17.2 Å². The van der Waals surface area contributed by atoms with Crippen LogP contribution in [0.2, 0.25) is 0 Å². The Balaban J connectivity index is 2.64. The number of esters is 1. The Bertz CT molecular complexity index is 636. The number of anilines is 1. The van der Waals surface area contributed by atoms with Crippen LogP contribution in [0.15, 0.2) is 6.07 Å². The molecule has 1 aromatic rings. The maximum Gasteiger partial charge on any atom is 0.412 e. The quantitative estimate of drug-likeness (QED) is 0.261. The van der Waals surface area contributed by atoms with Gasteiger partial charge in [0.25, 0.3) is 0 Å². The minimum atomic E-state index is -0.604. The van der Waals surface area contributed by atoms with E-state index in [2.05, 4.69) is 12.2 Å². The molecule has 1 N–H and O–H groups in total. The molecular weight excluding hydrogens is 402 g/mol. The molecule has 0 radical (unpaired) electrons. The third-order valence-corrected chi connectivity index (χ3v) is 5.53. The molecule has 0 spiro atoms. The van der Waals surface area contributed by atoms with Crippen LogP contribution in [0.25, 0.3) is 0 Å². The molecule has 0 aliphatic carbocycles. The summed E-state index contributed by atoms with van der Waals surface area (Å²) in [6.45, 7) is 8.18. The fourth-order valence-electron chi connectivity index (χ4n) is 2.92. The molecule has 0 saturated carbocycles. The molecule has 0 aromatic carbocycles. The molecule has 0 saturated heterocycles. The van der Waals surface area contributed by atoms with Gasteiger partial charge in [-0.05, 0) is 39.7 Å². The molecule has 0 unspecified atom stereocenters. The van der Waals surface area contributed by atoms with E-state index in [9.17, 15) is 9.59 Å². The van der Waals surface area contributed by atoms with Crippen molar-refractivity contribution in [2.24, 2.45) is 0 Å². The van der Waals surface area contributed by atoms with Crippen molar-refractivity contribution >= 4 is 28.4 Å². The van der Waals surface area contributed by atoms with Crippen LogP contribution >= 0.6 is 11.3 Å². The number of methoxy groups -OCH3 is 1. The average molecular weight is 442 g/mol. The Morgan fingerprint density at radius 3 is 2.23 bits per heavy atom. The zero-order valence-corrected chi connectivity index (χ0v) is 20.1. The number of carbonyl (C=O) groups excluding carboxylic acids is 2. The second-order valence-electron chi connectivity index (χ2n) is 8.44. The third-order valence-electron chi connectivity index (χ3n) is 4.41. The standard InChI is InChI=1S/C23H39NO5S/c1-6-7-8-9-10-11-12-13-14-18-17-19(21(25)29-23(2,3)4)20(30-18)24-22(26)28-16-15-27-5/h17H,6-16H2,1-5H3,(H,24,26). The highest BCUT2D eigenvalue weighted by molar-refractivity contribution is 7.16. The number of rotatable bonds is 14. The molecule has 1 rings (SSSR count). The molecule has 0 aliphatic rings. The van der Waals surface area contributed by atoms with Crippen LogP contribution in [0.1, 0.15) is 94.3 Å². The van der Waals surface area contributed by atoms with Crippen LogP contribution in [0.3, 0.4) is 0 Å². The van der Waals surface area contributed by atoms with Crippen molar-refractivity contribution in [2.45, 2.75) is 91.1 Å². The topological polar surface area (TPSA) is 73.9 Å². The van der Waals surface area contributed by atoms with Crippen molar-refractivity contribution in [2.75, 3.05) is 25.6 Å². The van der Waals surface area contributed by atoms with E-state index in [1.165, 1.54) is 56.3 Å². The molecule has 172 valence electrons. The largest absolute Gasteiger partial charge is 0.456 e. The van der Waals surface area contributed by atoms with Gasteiger partial charge in [-0.2, -0.15) is 0 Å². The highest BCUT2D eigenvalue weighted by Gasteiger charge is 2.24. The zero-order chi connectivity index (χ0) is 22.4. The van der Waals surface area contributed by atoms with Crippen molar-refractivity contribution in [3.05, 3.63) is 16.5 Å². The number of carbonyl (C=O) groups is 2. The van der Waals surface area contributed by atoms with Crippen LogP contribution in [0.5, 0.6) is 0 Å². The van der Waals surface area contributed by atoms with Gasteiger partial charge >= 0.3 is 12.1 Å². The SMILES string of the molecule is CCCCCCCCCCc1cc(C(=O)OC(C)(C)C)c(NC(=O)OCCOC)s1. The Labute approximate surface area is 185 Å². The van der Waals surface area contributed by atoms with Crippen LogP contribution in [0.4, 0.5) is 9.80 Å². The van der Waals surface area contributed by atoms with E-state index in [0.29, 0.717) is 17.2 Å². The molecule has 0 atom stereocenters. The molecule has 0 aliphatic heterocycles. The molecule has 1 heterocycles. The summed E-state index contributed by atoms with van der Waals surface area (Å²) >= 11 is 1.41. The lowest BCUT2D eigenvalue weighted by Crippen LogP contribution is -2.24. The van der Waals surface area contributed by atoms with Gasteiger partial charge in [0, 0.05) is 12.0 Å². The lowest BCUT2D eigenvalue weighted by Gasteiger charge is -2.19. The van der Waals surface area contributed by atoms with E-state index >= 15 is 0 Å². The van der Waals surface area contributed by atoms with Crippen molar-refractivity contribution in [1.82, 2.24) is 0 Å². The Hall–Kier alpha value is -1.60. The van der Waals surface area contributed by atoms with Gasteiger partial charge in [0.2, 0.25) is 0 Å². The smallest absolute Gasteiger partial charge is 0.412 e. The van der Waals surface area contributed by atoms with E-state index in [0.717, 1.165) is 17.7 Å². The highest BCUT2D eigenvalue weighted by atomic mass is 32.1. The monoisotopic (exact) mass is 441 g/mol. The number of unbranched alkanes of at least 4 members (excludes halogenated alkanes) is 7. The first kappa shape index (κ1) is 26.4. The van der Waals surface area contributed by atoms with Gasteiger partial charge in [-0.3, -0.25) is 5.32 Å². The minimum absolute atomic E-state index is 0.153. The zero-order valence-electron chi connectivity index (χ0n) is 19.3. The van der Waals surface area contributed by atoms with Crippen molar-refractivity contribution in [3.63, 3.8) is 0 Å². The summed E-state index contributed by atoms with van der Waals surface area (Å²) in [7, 11) is 1.54. The van der Waals surface area contributed by atoms with Gasteiger partial charge in [-0.1, -0.05) is 51.9 Å². The number of ether oxygens (including phenoxy) is 3. The molecule has 7 heteroatoms. The molecule has 1 aromatic heterocycles. The van der Waals surface area contributed by atoms with E-state index < -0.39 is 17.7 Å². The lowest BCUT2D eigenvalue weighted by molar-refractivity contribution is 0.00712. The van der Waals surface area contributed by atoms with Crippen LogP contribution in [-0.2, 0) is 20.6 Å². The molecular formula is C23H39NO5S. The summed E-state index contributed by atoms with van der Waals surface area (Å²) in [5.74, 6) is -0.437. The van der Waals surface area contributed by atoms with E-state index in [-0.39, 0.29) is 6.61 Å². The molecule has 30 heavy (non-hydrogen) atoms. The van der Waals surface area contributed by atoms with E-state index in [1.807, 2.05) is 26.8 Å². The first-order valence-electron chi connectivity index (χ1n) is 11.1. The lowest BCUT2D eigenvalue weighted by atomic mass is 10.1. The van der Waals surface area contributed by atoms with Gasteiger partial charge in [-0.15, -0.1) is 11.3 Å². The van der Waals surface area contributed by atoms with Crippen molar-refractivity contribution in [1.29, 1.82) is 0 Å². The molecule has 0 bridgehead atoms. The predicted octanol–water partition coefficient (Wildman–Crippen LogP) is 6.58. The maximum absolute atomic E-state index is 12.6. The van der Waals surface area contributed by atoms with E-state index in [4.69, 9.17) is 14.2 Å². The van der Waals surface area contributed by atoms with Crippen LogP contribution in [0, 0.1) is 0 Å². The average Bonchev–Trinajstić information content (AvgIpc) is 3.05. The maximum atomic E-state index is 12.6. The summed E-state index contributed by atoms with van der Waals surface area (Å²) in [5, 5.41) is 3.16. The molecule has 0 fully saturated rings. The second kappa shape index (κ2) is 14.4. The third kappa shape index (κ3) is 11.6. The summed E-state index contributed by atoms with van der Waals surface area (Å²) in [6.07, 6.45) is 10.3. The highest BCUT2D eigenvalue weighted by Crippen LogP contribution is 2.31. The summed E-state index contributed by atoms with van der Waals surface area (Å²) in [6, 6.07) is 1.84. The second-order valence-corrected chi connectivity index (χ2v) is 9.57. The van der Waals surface area contributed by atoms with E-state index in [1.54, 1.807) is 7.11 Å². The number of nitrogens with one attached hydrogen (secondary N) is 1. The molecule has 6 nitrogen and oxygen atoms in total. The van der Waals surface area contributed by atoms with Crippen molar-refractivity contribution in [3.8, 4) is 0 Å².